The number of anilines is 1. The van der Waals surface area contributed by atoms with Crippen molar-refractivity contribution in [3.8, 4) is 5.75 Å². The first-order valence-electron chi connectivity index (χ1n) is 17.8. The molecule has 1 amide bonds. The van der Waals surface area contributed by atoms with E-state index in [-0.39, 0.29) is 11.8 Å². The fraction of sp³-hybridized carbons (Fsp3) is 0.622. The zero-order valence-corrected chi connectivity index (χ0v) is 30.8. The monoisotopic (exact) mass is 714 g/mol. The van der Waals surface area contributed by atoms with Crippen molar-refractivity contribution < 1.29 is 27.5 Å². The van der Waals surface area contributed by atoms with Gasteiger partial charge in [-0.1, -0.05) is 29.7 Å². The number of hydrogen-bond donors (Lipinski definition) is 1. The maximum atomic E-state index is 13.5. The third-order valence-electron chi connectivity index (χ3n) is 11.4. The Labute approximate surface area is 296 Å². The lowest BCUT2D eigenvalue weighted by Crippen LogP contribution is -2.52. The van der Waals surface area contributed by atoms with Crippen LogP contribution in [0.5, 0.6) is 5.75 Å². The maximum Gasteiger partial charge on any atom is 0.264 e. The van der Waals surface area contributed by atoms with E-state index in [0.717, 1.165) is 88.1 Å². The standard InChI is InChI=1S/C37H51ClN4O6S/c1-25-8-7-16-37(22-35(39-48-37)41(3)18-19-46-4)32-14-11-29(32)23-42-17-6-5-9-27-20-31(38)13-10-30(27)24-47-34-15-12-28(21-33(34)42)36(43)40-49(44,45)26(25)2/h10,12-13,15,20-21,25-26,29,32H,5-9,11,14,16-19,22-24H2,1-4H3,(H,40,43)/t25-,26+,29-,32+,37+/m0/s1. The van der Waals surface area contributed by atoms with Gasteiger partial charge in [0.2, 0.25) is 10.0 Å². The molecule has 0 unspecified atom stereocenters. The van der Waals surface area contributed by atoms with Gasteiger partial charge in [-0.3, -0.25) is 4.79 Å². The van der Waals surface area contributed by atoms with Gasteiger partial charge >= 0.3 is 0 Å². The Bertz CT molecular complexity index is 1650. The molecule has 1 aliphatic carbocycles. The smallest absolute Gasteiger partial charge is 0.264 e. The summed E-state index contributed by atoms with van der Waals surface area (Å²) in [6.45, 7) is 6.88. The van der Waals surface area contributed by atoms with Crippen molar-refractivity contribution in [3.05, 3.63) is 58.1 Å². The molecule has 5 atom stereocenters. The number of oxime groups is 1. The molecule has 2 aromatic rings. The van der Waals surface area contributed by atoms with Crippen molar-refractivity contribution >= 4 is 39.1 Å². The van der Waals surface area contributed by atoms with E-state index in [1.165, 1.54) is 5.56 Å². The van der Waals surface area contributed by atoms with Crippen molar-refractivity contribution in [1.29, 1.82) is 0 Å². The van der Waals surface area contributed by atoms with Crippen molar-refractivity contribution in [2.24, 2.45) is 22.9 Å². The third-order valence-corrected chi connectivity index (χ3v) is 13.6. The lowest BCUT2D eigenvalue weighted by atomic mass is 9.62. The molecule has 4 aliphatic rings. The predicted molar refractivity (Wildman–Crippen MR) is 193 cm³/mol. The predicted octanol–water partition coefficient (Wildman–Crippen LogP) is 6.41. The Morgan fingerprint density at radius 2 is 1.94 bits per heavy atom. The SMILES string of the molecule is COCCN(C)C1=NO[C@]2(CCC[C@H](C)[C@@H](C)S(=O)(=O)NC(=O)c3ccc4c(c3)N(CCCCc3cc(Cl)ccc3CO4)C[C@@H]3CC[C@H]32)C1. The minimum atomic E-state index is -3.93. The summed E-state index contributed by atoms with van der Waals surface area (Å²) in [4.78, 5) is 24.5. The minimum Gasteiger partial charge on any atom is -0.487 e. The number of halogens is 1. The number of fused-ring (bicyclic) bond motifs is 4. The number of amides is 1. The Kier molecular flexibility index (Phi) is 11.0. The summed E-state index contributed by atoms with van der Waals surface area (Å²) in [6, 6.07) is 11.2. The molecule has 10 nitrogen and oxygen atoms in total. The first kappa shape index (κ1) is 35.8. The van der Waals surface area contributed by atoms with Crippen LogP contribution in [0, 0.1) is 17.8 Å². The molecule has 268 valence electrons. The van der Waals surface area contributed by atoms with Crippen LogP contribution in [-0.4, -0.2) is 76.3 Å². The summed E-state index contributed by atoms with van der Waals surface area (Å²) in [7, 11) is -0.192. The first-order chi connectivity index (χ1) is 23.5. The van der Waals surface area contributed by atoms with Crippen molar-refractivity contribution in [3.63, 3.8) is 0 Å². The number of carbonyl (C=O) groups is 1. The number of hydrogen-bond acceptors (Lipinski definition) is 9. The number of nitrogens with zero attached hydrogens (tertiary/aromatic N) is 3. The second-order valence-corrected chi connectivity index (χ2v) is 17.0. The van der Waals surface area contributed by atoms with Crippen LogP contribution in [0.3, 0.4) is 0 Å². The van der Waals surface area contributed by atoms with Gasteiger partial charge in [0.25, 0.3) is 5.91 Å². The van der Waals surface area contributed by atoms with Gasteiger partial charge in [0.1, 0.15) is 23.8 Å². The molecule has 2 bridgehead atoms. The molecule has 49 heavy (non-hydrogen) atoms. The number of benzene rings is 2. The third kappa shape index (κ3) is 7.84. The van der Waals surface area contributed by atoms with E-state index in [2.05, 4.69) is 19.7 Å². The fourth-order valence-electron chi connectivity index (χ4n) is 7.94. The molecule has 6 rings (SSSR count). The number of sulfonamides is 1. The summed E-state index contributed by atoms with van der Waals surface area (Å²) >= 11 is 6.38. The Morgan fingerprint density at radius 1 is 1.10 bits per heavy atom. The average Bonchev–Trinajstić information content (AvgIpc) is 3.47. The van der Waals surface area contributed by atoms with Gasteiger partial charge in [-0.2, -0.15) is 0 Å². The highest BCUT2D eigenvalue weighted by Gasteiger charge is 2.53. The van der Waals surface area contributed by atoms with E-state index in [0.29, 0.717) is 41.9 Å². The summed E-state index contributed by atoms with van der Waals surface area (Å²) in [6.07, 6.45) is 7.92. The van der Waals surface area contributed by atoms with Gasteiger partial charge in [0, 0.05) is 50.3 Å². The van der Waals surface area contributed by atoms with Gasteiger partial charge < -0.3 is 24.1 Å². The summed E-state index contributed by atoms with van der Waals surface area (Å²) in [5, 5.41) is 4.62. The van der Waals surface area contributed by atoms with Crippen LogP contribution in [0.25, 0.3) is 0 Å². The Balaban J connectivity index is 1.36. The van der Waals surface area contributed by atoms with Crippen LogP contribution in [0.15, 0.2) is 41.6 Å². The number of rotatable bonds is 3. The van der Waals surface area contributed by atoms with E-state index in [4.69, 9.17) is 25.9 Å². The topological polar surface area (TPSA) is 110 Å². The summed E-state index contributed by atoms with van der Waals surface area (Å²) < 4.78 is 41.2. The maximum absolute atomic E-state index is 13.5. The lowest BCUT2D eigenvalue weighted by molar-refractivity contribution is -0.118. The number of methoxy groups -OCH3 is 1. The van der Waals surface area contributed by atoms with Crippen LogP contribution >= 0.6 is 11.6 Å². The molecule has 1 fully saturated rings. The molecule has 1 N–H and O–H groups in total. The molecule has 3 aliphatic heterocycles. The second-order valence-electron chi connectivity index (χ2n) is 14.5. The van der Waals surface area contributed by atoms with E-state index < -0.39 is 26.8 Å². The highest BCUT2D eigenvalue weighted by molar-refractivity contribution is 7.90. The van der Waals surface area contributed by atoms with E-state index >= 15 is 0 Å². The van der Waals surface area contributed by atoms with Crippen molar-refractivity contribution in [2.75, 3.05) is 45.3 Å². The molecule has 1 saturated carbocycles. The highest BCUT2D eigenvalue weighted by atomic mass is 35.5. The van der Waals surface area contributed by atoms with E-state index in [1.54, 1.807) is 20.1 Å². The minimum absolute atomic E-state index is 0.160. The zero-order valence-electron chi connectivity index (χ0n) is 29.3. The van der Waals surface area contributed by atoms with Crippen LogP contribution in [0.4, 0.5) is 5.69 Å². The highest BCUT2D eigenvalue weighted by Crippen LogP contribution is 2.51. The van der Waals surface area contributed by atoms with E-state index in [1.807, 2.05) is 44.3 Å². The van der Waals surface area contributed by atoms with Crippen molar-refractivity contribution in [1.82, 2.24) is 9.62 Å². The number of ether oxygens (including phenoxy) is 2. The molecule has 3 heterocycles. The number of carbonyl (C=O) groups excluding carboxylic acids is 1. The van der Waals surface area contributed by atoms with E-state index in [9.17, 15) is 13.2 Å². The molecular formula is C37H51ClN4O6S. The quantitative estimate of drug-likeness (QED) is 0.389. The first-order valence-corrected chi connectivity index (χ1v) is 19.7. The number of amidine groups is 1. The molecule has 0 aromatic heterocycles. The van der Waals surface area contributed by atoms with Crippen LogP contribution in [0.2, 0.25) is 5.02 Å². The largest absolute Gasteiger partial charge is 0.487 e. The molecule has 12 heteroatoms. The fourth-order valence-corrected chi connectivity index (χ4v) is 9.45. The number of likely N-dealkylation sites (N-methyl/N-ethyl adjacent to an activating group) is 1. The van der Waals surface area contributed by atoms with Crippen LogP contribution < -0.4 is 14.4 Å². The number of aryl methyl sites for hydroxylation is 1. The average molecular weight is 715 g/mol. The number of nitrogens with one attached hydrogen (secondary N) is 1. The summed E-state index contributed by atoms with van der Waals surface area (Å²) in [5.41, 5.74) is 2.91. The molecule has 0 saturated heterocycles. The van der Waals surface area contributed by atoms with Crippen LogP contribution in [0.1, 0.15) is 86.7 Å². The Hall–Kier alpha value is -3.02. The molecule has 0 radical (unpaired) electrons. The van der Waals surface area contributed by atoms with Gasteiger partial charge in [0.15, 0.2) is 0 Å². The van der Waals surface area contributed by atoms with Gasteiger partial charge in [0.05, 0.1) is 24.0 Å². The molecule has 1 spiro atoms. The molecule has 2 aromatic carbocycles. The summed E-state index contributed by atoms with van der Waals surface area (Å²) in [5.74, 6) is 1.46. The Morgan fingerprint density at radius 3 is 2.71 bits per heavy atom. The van der Waals surface area contributed by atoms with Gasteiger partial charge in [-0.05, 0) is 112 Å². The van der Waals surface area contributed by atoms with Crippen LogP contribution in [-0.2, 0) is 32.6 Å². The van der Waals surface area contributed by atoms with Gasteiger partial charge in [-0.25, -0.2) is 13.1 Å². The van der Waals surface area contributed by atoms with Crippen molar-refractivity contribution in [2.45, 2.75) is 89.1 Å². The van der Waals surface area contributed by atoms with Gasteiger partial charge in [-0.15, -0.1) is 0 Å². The lowest BCUT2D eigenvalue weighted by Gasteiger charge is -2.48. The molecular weight excluding hydrogens is 664 g/mol. The normalized spacial score (nSPS) is 28.8. The second kappa shape index (κ2) is 15.1. The zero-order chi connectivity index (χ0) is 34.8.